The average Bonchev–Trinajstić information content (AvgIpc) is 2.24. The zero-order valence-electron chi connectivity index (χ0n) is 8.51. The SMILES string of the molecule is NC(=O)c1cccc(NC/C=C/C(=O)O)c1. The first-order valence-corrected chi connectivity index (χ1v) is 4.63. The monoisotopic (exact) mass is 220 g/mol. The number of primary amides is 1. The molecule has 0 aliphatic heterocycles. The van der Waals surface area contributed by atoms with E-state index in [-0.39, 0.29) is 0 Å². The third-order valence-electron chi connectivity index (χ3n) is 1.83. The van der Waals surface area contributed by atoms with E-state index in [1.165, 1.54) is 6.08 Å². The summed E-state index contributed by atoms with van der Waals surface area (Å²) in [7, 11) is 0. The Hall–Kier alpha value is -2.30. The lowest BCUT2D eigenvalue weighted by Crippen LogP contribution is -2.11. The van der Waals surface area contributed by atoms with Crippen LogP contribution in [0.1, 0.15) is 10.4 Å². The predicted octanol–water partition coefficient (Wildman–Crippen LogP) is 0.838. The Kier molecular flexibility index (Phi) is 4.08. The summed E-state index contributed by atoms with van der Waals surface area (Å²) in [5, 5.41) is 11.3. The highest BCUT2D eigenvalue weighted by molar-refractivity contribution is 5.93. The van der Waals surface area contributed by atoms with E-state index in [1.54, 1.807) is 24.3 Å². The smallest absolute Gasteiger partial charge is 0.328 e. The quantitative estimate of drug-likeness (QED) is 0.641. The van der Waals surface area contributed by atoms with Crippen molar-refractivity contribution in [3.8, 4) is 0 Å². The normalized spacial score (nSPS) is 10.2. The Bertz CT molecular complexity index is 427. The van der Waals surface area contributed by atoms with E-state index >= 15 is 0 Å². The van der Waals surface area contributed by atoms with Gasteiger partial charge in [0.2, 0.25) is 5.91 Å². The third-order valence-corrected chi connectivity index (χ3v) is 1.83. The molecule has 0 heterocycles. The van der Waals surface area contributed by atoms with E-state index in [0.29, 0.717) is 17.8 Å². The van der Waals surface area contributed by atoms with Crippen molar-refractivity contribution in [3.05, 3.63) is 42.0 Å². The van der Waals surface area contributed by atoms with Crippen molar-refractivity contribution in [2.24, 2.45) is 5.73 Å². The van der Waals surface area contributed by atoms with Gasteiger partial charge in [-0.05, 0) is 18.2 Å². The van der Waals surface area contributed by atoms with Gasteiger partial charge in [-0.2, -0.15) is 0 Å². The second-order valence-corrected chi connectivity index (χ2v) is 3.07. The molecule has 0 spiro atoms. The Balaban J connectivity index is 2.57. The van der Waals surface area contributed by atoms with Gasteiger partial charge in [0.25, 0.3) is 0 Å². The van der Waals surface area contributed by atoms with E-state index in [0.717, 1.165) is 6.08 Å². The van der Waals surface area contributed by atoms with Gasteiger partial charge in [-0.15, -0.1) is 0 Å². The number of carbonyl (C=O) groups is 2. The molecule has 84 valence electrons. The molecule has 0 saturated heterocycles. The number of carboxylic acid groups (broad SMARTS) is 1. The molecule has 0 saturated carbocycles. The fourth-order valence-corrected chi connectivity index (χ4v) is 1.12. The molecule has 0 atom stereocenters. The molecule has 0 aliphatic rings. The molecule has 1 rings (SSSR count). The molecule has 0 radical (unpaired) electrons. The lowest BCUT2D eigenvalue weighted by molar-refractivity contribution is -0.131. The van der Waals surface area contributed by atoms with E-state index < -0.39 is 11.9 Å². The molecule has 0 unspecified atom stereocenters. The molecule has 0 bridgehead atoms. The lowest BCUT2D eigenvalue weighted by atomic mass is 10.2. The van der Waals surface area contributed by atoms with Gasteiger partial charge < -0.3 is 16.2 Å². The molecule has 0 fully saturated rings. The Labute approximate surface area is 92.6 Å². The molecule has 1 aromatic carbocycles. The number of anilines is 1. The van der Waals surface area contributed by atoms with Gasteiger partial charge in [0, 0.05) is 23.9 Å². The van der Waals surface area contributed by atoms with Gasteiger partial charge in [0.05, 0.1) is 0 Å². The van der Waals surface area contributed by atoms with Crippen LogP contribution < -0.4 is 11.1 Å². The first-order valence-electron chi connectivity index (χ1n) is 4.63. The minimum atomic E-state index is -0.993. The number of carbonyl (C=O) groups excluding carboxylic acids is 1. The molecule has 0 aromatic heterocycles. The number of hydrogen-bond acceptors (Lipinski definition) is 3. The zero-order chi connectivity index (χ0) is 12.0. The summed E-state index contributed by atoms with van der Waals surface area (Å²) < 4.78 is 0. The molecule has 5 heteroatoms. The molecule has 5 nitrogen and oxygen atoms in total. The van der Waals surface area contributed by atoms with Crippen LogP contribution in [-0.4, -0.2) is 23.5 Å². The highest BCUT2D eigenvalue weighted by Gasteiger charge is 1.99. The molecule has 4 N–H and O–H groups in total. The van der Waals surface area contributed by atoms with Gasteiger partial charge in [-0.3, -0.25) is 4.79 Å². The summed E-state index contributed by atoms with van der Waals surface area (Å²) in [5.74, 6) is -1.49. The first kappa shape index (κ1) is 11.8. The van der Waals surface area contributed by atoms with Crippen molar-refractivity contribution in [3.63, 3.8) is 0 Å². The van der Waals surface area contributed by atoms with Crippen LogP contribution in [0, 0.1) is 0 Å². The Morgan fingerprint density at radius 1 is 1.44 bits per heavy atom. The minimum absolute atomic E-state index is 0.370. The highest BCUT2D eigenvalue weighted by atomic mass is 16.4. The van der Waals surface area contributed by atoms with Crippen LogP contribution in [0.2, 0.25) is 0 Å². The van der Waals surface area contributed by atoms with E-state index in [4.69, 9.17) is 10.8 Å². The van der Waals surface area contributed by atoms with Crippen LogP contribution in [0.3, 0.4) is 0 Å². The van der Waals surface area contributed by atoms with Crippen LogP contribution in [0.4, 0.5) is 5.69 Å². The number of nitrogens with two attached hydrogens (primary N) is 1. The largest absolute Gasteiger partial charge is 0.478 e. The number of nitrogens with one attached hydrogen (secondary N) is 1. The number of hydrogen-bond donors (Lipinski definition) is 3. The zero-order valence-corrected chi connectivity index (χ0v) is 8.51. The topological polar surface area (TPSA) is 92.4 Å². The molecule has 0 aliphatic carbocycles. The van der Waals surface area contributed by atoms with E-state index in [2.05, 4.69) is 5.32 Å². The first-order chi connectivity index (χ1) is 7.59. The Morgan fingerprint density at radius 3 is 2.81 bits per heavy atom. The summed E-state index contributed by atoms with van der Waals surface area (Å²) in [6.45, 7) is 0.370. The van der Waals surface area contributed by atoms with Crippen LogP contribution in [0.5, 0.6) is 0 Å². The van der Waals surface area contributed by atoms with Crippen LogP contribution in [-0.2, 0) is 4.79 Å². The van der Waals surface area contributed by atoms with E-state index in [1.807, 2.05) is 0 Å². The van der Waals surface area contributed by atoms with Crippen LogP contribution in [0.25, 0.3) is 0 Å². The van der Waals surface area contributed by atoms with Gasteiger partial charge >= 0.3 is 5.97 Å². The van der Waals surface area contributed by atoms with Crippen molar-refractivity contribution in [2.45, 2.75) is 0 Å². The molecular formula is C11H12N2O3. The highest BCUT2D eigenvalue weighted by Crippen LogP contribution is 2.09. The van der Waals surface area contributed by atoms with Gasteiger partial charge in [-0.1, -0.05) is 12.1 Å². The molecule has 16 heavy (non-hydrogen) atoms. The summed E-state index contributed by atoms with van der Waals surface area (Å²) in [6, 6.07) is 6.68. The van der Waals surface area contributed by atoms with Crippen molar-refractivity contribution < 1.29 is 14.7 Å². The van der Waals surface area contributed by atoms with Crippen LogP contribution >= 0.6 is 0 Å². The standard InChI is InChI=1S/C11H12N2O3/c12-11(16)8-3-1-4-9(7-8)13-6-2-5-10(14)15/h1-5,7,13H,6H2,(H2,12,16)(H,14,15)/b5-2+. The van der Waals surface area contributed by atoms with Crippen molar-refractivity contribution in [1.82, 2.24) is 0 Å². The third kappa shape index (κ3) is 3.83. The van der Waals surface area contributed by atoms with Gasteiger partial charge in [0.1, 0.15) is 0 Å². The lowest BCUT2D eigenvalue weighted by Gasteiger charge is -2.04. The van der Waals surface area contributed by atoms with Crippen molar-refractivity contribution in [2.75, 3.05) is 11.9 Å². The number of rotatable bonds is 5. The summed E-state index contributed by atoms with van der Waals surface area (Å²) in [6.07, 6.45) is 2.52. The Morgan fingerprint density at radius 2 is 2.19 bits per heavy atom. The maximum Gasteiger partial charge on any atom is 0.328 e. The van der Waals surface area contributed by atoms with Crippen molar-refractivity contribution in [1.29, 1.82) is 0 Å². The summed E-state index contributed by atoms with van der Waals surface area (Å²) in [5.41, 5.74) is 6.24. The van der Waals surface area contributed by atoms with E-state index in [9.17, 15) is 9.59 Å². The average molecular weight is 220 g/mol. The second kappa shape index (κ2) is 5.55. The maximum absolute atomic E-state index is 10.9. The number of benzene rings is 1. The summed E-state index contributed by atoms with van der Waals surface area (Å²) >= 11 is 0. The predicted molar refractivity (Wildman–Crippen MR) is 60.2 cm³/mol. The minimum Gasteiger partial charge on any atom is -0.478 e. The maximum atomic E-state index is 10.9. The summed E-state index contributed by atoms with van der Waals surface area (Å²) in [4.78, 5) is 21.1. The molecule has 1 aromatic rings. The fraction of sp³-hybridized carbons (Fsp3) is 0.0909. The fourth-order valence-electron chi connectivity index (χ4n) is 1.12. The molecule has 1 amide bonds. The van der Waals surface area contributed by atoms with Crippen LogP contribution in [0.15, 0.2) is 36.4 Å². The van der Waals surface area contributed by atoms with Gasteiger partial charge in [-0.25, -0.2) is 4.79 Å². The number of aliphatic carboxylic acids is 1. The molecular weight excluding hydrogens is 208 g/mol. The van der Waals surface area contributed by atoms with Crippen molar-refractivity contribution >= 4 is 17.6 Å². The number of amides is 1. The van der Waals surface area contributed by atoms with Gasteiger partial charge in [0.15, 0.2) is 0 Å². The number of carboxylic acids is 1. The second-order valence-electron chi connectivity index (χ2n) is 3.07.